The first kappa shape index (κ1) is 25.5. The Labute approximate surface area is 210 Å². The van der Waals surface area contributed by atoms with Crippen molar-refractivity contribution in [3.8, 4) is 5.75 Å². The van der Waals surface area contributed by atoms with Crippen LogP contribution < -0.4 is 10.1 Å². The predicted octanol–water partition coefficient (Wildman–Crippen LogP) is 5.38. The van der Waals surface area contributed by atoms with Gasteiger partial charge in [0.1, 0.15) is 11.8 Å². The van der Waals surface area contributed by atoms with Gasteiger partial charge in [-0.05, 0) is 48.7 Å². The number of carbonyl (C=O) groups excluding carboxylic acids is 2. The fourth-order valence-electron chi connectivity index (χ4n) is 3.53. The van der Waals surface area contributed by atoms with Crippen LogP contribution in [0.25, 0.3) is 0 Å². The van der Waals surface area contributed by atoms with E-state index in [2.05, 4.69) is 21.2 Å². The van der Waals surface area contributed by atoms with Gasteiger partial charge in [0.15, 0.2) is 6.61 Å². The van der Waals surface area contributed by atoms with Crippen LogP contribution in [0.3, 0.4) is 0 Å². The van der Waals surface area contributed by atoms with Gasteiger partial charge in [0.2, 0.25) is 5.91 Å². The zero-order chi connectivity index (χ0) is 24.3. The maximum atomic E-state index is 13.5. The van der Waals surface area contributed by atoms with E-state index in [1.807, 2.05) is 86.6 Å². The minimum atomic E-state index is -0.669. The van der Waals surface area contributed by atoms with Gasteiger partial charge in [0.05, 0.1) is 0 Å². The van der Waals surface area contributed by atoms with E-state index in [1.165, 1.54) is 0 Å². The molecule has 0 saturated heterocycles. The average Bonchev–Trinajstić information content (AvgIpc) is 2.86. The number of hydrogen-bond donors (Lipinski definition) is 1. The molecule has 0 unspecified atom stereocenters. The fourth-order valence-corrected chi connectivity index (χ4v) is 3.80. The molecule has 3 rings (SSSR count). The average molecular weight is 523 g/mol. The van der Waals surface area contributed by atoms with Crippen LogP contribution in [0, 0.1) is 0 Å². The molecule has 1 N–H and O–H groups in total. The number of benzene rings is 3. The second-order valence-electron chi connectivity index (χ2n) is 8.27. The Hall–Kier alpha value is -3.12. The minimum absolute atomic E-state index is 0.0125. The highest BCUT2D eigenvalue weighted by atomic mass is 79.9. The molecule has 34 heavy (non-hydrogen) atoms. The molecule has 0 heterocycles. The molecule has 0 spiro atoms. The third-order valence-electron chi connectivity index (χ3n) is 5.64. The highest BCUT2D eigenvalue weighted by molar-refractivity contribution is 9.10. The molecular weight excluding hydrogens is 492 g/mol. The maximum Gasteiger partial charge on any atom is 0.261 e. The first-order valence-corrected chi connectivity index (χ1v) is 12.3. The summed E-state index contributed by atoms with van der Waals surface area (Å²) < 4.78 is 6.71. The molecule has 0 saturated carbocycles. The number of nitrogens with one attached hydrogen (secondary N) is 1. The molecule has 3 aromatic rings. The second kappa shape index (κ2) is 12.9. The summed E-state index contributed by atoms with van der Waals surface area (Å²) in [6.07, 6.45) is 1.23. The van der Waals surface area contributed by atoms with E-state index in [1.54, 1.807) is 17.0 Å². The van der Waals surface area contributed by atoms with Crippen molar-refractivity contribution in [2.75, 3.05) is 6.61 Å². The van der Waals surface area contributed by atoms with Crippen LogP contribution in [-0.4, -0.2) is 35.4 Å². The molecule has 0 aliphatic carbocycles. The second-order valence-corrected chi connectivity index (χ2v) is 9.19. The normalized spacial score (nSPS) is 12.4. The lowest BCUT2D eigenvalue weighted by molar-refractivity contribution is -0.143. The first-order valence-electron chi connectivity index (χ1n) is 11.5. The summed E-state index contributed by atoms with van der Waals surface area (Å²) in [5.41, 5.74) is 1.94. The third kappa shape index (κ3) is 7.73. The summed E-state index contributed by atoms with van der Waals surface area (Å²) in [5, 5.41) is 3.07. The summed E-state index contributed by atoms with van der Waals surface area (Å²) >= 11 is 3.40. The van der Waals surface area contributed by atoms with Crippen molar-refractivity contribution in [2.24, 2.45) is 0 Å². The van der Waals surface area contributed by atoms with Gasteiger partial charge in [-0.1, -0.05) is 83.5 Å². The van der Waals surface area contributed by atoms with Crippen LogP contribution in [0.5, 0.6) is 5.75 Å². The van der Waals surface area contributed by atoms with E-state index in [0.29, 0.717) is 18.7 Å². The van der Waals surface area contributed by atoms with Gasteiger partial charge in [0.25, 0.3) is 5.91 Å². The zero-order valence-electron chi connectivity index (χ0n) is 19.6. The van der Waals surface area contributed by atoms with E-state index < -0.39 is 6.04 Å². The molecule has 0 aliphatic rings. The Bertz CT molecular complexity index is 1040. The molecule has 0 aliphatic heterocycles. The predicted molar refractivity (Wildman–Crippen MR) is 138 cm³/mol. The minimum Gasteiger partial charge on any atom is -0.484 e. The van der Waals surface area contributed by atoms with E-state index in [9.17, 15) is 9.59 Å². The molecule has 0 radical (unpaired) electrons. The molecule has 6 heteroatoms. The van der Waals surface area contributed by atoms with Crippen molar-refractivity contribution < 1.29 is 14.3 Å². The van der Waals surface area contributed by atoms with Gasteiger partial charge in [0, 0.05) is 23.5 Å². The SMILES string of the molecule is CC[C@H](C)NC(=O)[C@@H](Cc1ccccc1)N(Cc1ccccc1)C(=O)COc1ccc(Br)cc1. The van der Waals surface area contributed by atoms with Crippen molar-refractivity contribution in [1.29, 1.82) is 0 Å². The number of hydrogen-bond acceptors (Lipinski definition) is 3. The number of amides is 2. The number of rotatable bonds is 11. The molecule has 0 aromatic heterocycles. The smallest absolute Gasteiger partial charge is 0.261 e. The molecule has 0 bridgehead atoms. The monoisotopic (exact) mass is 522 g/mol. The lowest BCUT2D eigenvalue weighted by Gasteiger charge is -2.32. The topological polar surface area (TPSA) is 58.6 Å². The summed E-state index contributed by atoms with van der Waals surface area (Å²) in [6, 6.07) is 26.2. The Kier molecular flexibility index (Phi) is 9.71. The Morgan fingerprint density at radius 2 is 1.50 bits per heavy atom. The summed E-state index contributed by atoms with van der Waals surface area (Å²) in [6.45, 7) is 4.15. The van der Waals surface area contributed by atoms with Crippen molar-refractivity contribution in [3.63, 3.8) is 0 Å². The first-order chi connectivity index (χ1) is 16.5. The van der Waals surface area contributed by atoms with Crippen LogP contribution in [0.4, 0.5) is 0 Å². The number of ether oxygens (including phenoxy) is 1. The number of nitrogens with zero attached hydrogens (tertiary/aromatic N) is 1. The van der Waals surface area contributed by atoms with Crippen molar-refractivity contribution in [1.82, 2.24) is 10.2 Å². The zero-order valence-corrected chi connectivity index (χ0v) is 21.2. The van der Waals surface area contributed by atoms with Gasteiger partial charge >= 0.3 is 0 Å². The summed E-state index contributed by atoms with van der Waals surface area (Å²) in [4.78, 5) is 28.5. The van der Waals surface area contributed by atoms with Gasteiger partial charge in [-0.3, -0.25) is 9.59 Å². The van der Waals surface area contributed by atoms with Crippen molar-refractivity contribution in [2.45, 2.75) is 45.3 Å². The number of carbonyl (C=O) groups is 2. The highest BCUT2D eigenvalue weighted by Gasteiger charge is 2.31. The van der Waals surface area contributed by atoms with E-state index in [0.717, 1.165) is 22.0 Å². The lowest BCUT2D eigenvalue weighted by atomic mass is 10.0. The van der Waals surface area contributed by atoms with E-state index >= 15 is 0 Å². The summed E-state index contributed by atoms with van der Waals surface area (Å²) in [5.74, 6) is 0.193. The largest absolute Gasteiger partial charge is 0.484 e. The molecule has 2 atom stereocenters. The molecule has 178 valence electrons. The van der Waals surface area contributed by atoms with Gasteiger partial charge in [-0.2, -0.15) is 0 Å². The van der Waals surface area contributed by atoms with Gasteiger partial charge in [-0.25, -0.2) is 0 Å². The Morgan fingerprint density at radius 3 is 2.09 bits per heavy atom. The highest BCUT2D eigenvalue weighted by Crippen LogP contribution is 2.18. The van der Waals surface area contributed by atoms with Gasteiger partial charge < -0.3 is 15.0 Å². The van der Waals surface area contributed by atoms with Crippen LogP contribution in [0.1, 0.15) is 31.4 Å². The lowest BCUT2D eigenvalue weighted by Crippen LogP contribution is -2.53. The maximum absolute atomic E-state index is 13.5. The van der Waals surface area contributed by atoms with Crippen LogP contribution in [0.2, 0.25) is 0 Å². The quantitative estimate of drug-likeness (QED) is 0.367. The molecular formula is C28H31BrN2O3. The fraction of sp³-hybridized carbons (Fsp3) is 0.286. The van der Waals surface area contributed by atoms with Crippen LogP contribution in [-0.2, 0) is 22.6 Å². The standard InChI is InChI=1S/C28H31BrN2O3/c1-3-21(2)30-28(33)26(18-22-10-6-4-7-11-22)31(19-23-12-8-5-9-13-23)27(32)20-34-25-16-14-24(29)15-17-25/h4-17,21,26H,3,18-20H2,1-2H3,(H,30,33)/t21-,26+/m0/s1. The van der Waals surface area contributed by atoms with Crippen molar-refractivity contribution >= 4 is 27.7 Å². The Morgan fingerprint density at radius 1 is 0.912 bits per heavy atom. The third-order valence-corrected chi connectivity index (χ3v) is 6.17. The molecule has 5 nitrogen and oxygen atoms in total. The molecule has 2 amide bonds. The van der Waals surface area contributed by atoms with Crippen molar-refractivity contribution in [3.05, 3.63) is 101 Å². The molecule has 0 fully saturated rings. The van der Waals surface area contributed by atoms with E-state index in [-0.39, 0.29) is 24.5 Å². The summed E-state index contributed by atoms with van der Waals surface area (Å²) in [7, 11) is 0. The van der Waals surface area contributed by atoms with E-state index in [4.69, 9.17) is 4.74 Å². The molecule has 3 aromatic carbocycles. The van der Waals surface area contributed by atoms with Gasteiger partial charge in [-0.15, -0.1) is 0 Å². The Balaban J connectivity index is 1.88. The van der Waals surface area contributed by atoms with Crippen LogP contribution in [0.15, 0.2) is 89.4 Å². The van der Waals surface area contributed by atoms with Crippen LogP contribution >= 0.6 is 15.9 Å². The number of halogens is 1.